The third-order valence-electron chi connectivity index (χ3n) is 3.30. The Balaban J connectivity index is 1.70. The number of anilines is 3. The lowest BCUT2D eigenvalue weighted by molar-refractivity contribution is 0.102. The van der Waals surface area contributed by atoms with E-state index in [0.29, 0.717) is 10.8 Å². The molecule has 0 saturated heterocycles. The van der Waals surface area contributed by atoms with Crippen molar-refractivity contribution >= 4 is 34.7 Å². The van der Waals surface area contributed by atoms with Crippen LogP contribution in [0.5, 0.6) is 0 Å². The molecule has 0 fully saturated rings. The smallest absolute Gasteiger partial charge is 0.275 e. The molecule has 24 heavy (non-hydrogen) atoms. The number of hydrogen-bond donors (Lipinski definition) is 2. The highest BCUT2D eigenvalue weighted by molar-refractivity contribution is 6.33. The Hall–Kier alpha value is -2.92. The van der Waals surface area contributed by atoms with E-state index in [4.69, 9.17) is 11.6 Å². The van der Waals surface area contributed by atoms with Crippen LogP contribution in [0, 0.1) is 6.92 Å². The minimum Gasteiger partial charge on any atom is -0.338 e. The number of aryl methyl sites for hydroxylation is 1. The van der Waals surface area contributed by atoms with Gasteiger partial charge in [0.05, 0.1) is 23.1 Å². The van der Waals surface area contributed by atoms with Gasteiger partial charge >= 0.3 is 0 Å². The van der Waals surface area contributed by atoms with Gasteiger partial charge in [-0.05, 0) is 36.8 Å². The normalized spacial score (nSPS) is 10.2. The van der Waals surface area contributed by atoms with Crippen molar-refractivity contribution in [2.24, 2.45) is 0 Å². The average molecular weight is 339 g/mol. The molecule has 0 aliphatic rings. The summed E-state index contributed by atoms with van der Waals surface area (Å²) in [6.07, 6.45) is 2.92. The van der Waals surface area contributed by atoms with Crippen LogP contribution in [0.25, 0.3) is 0 Å². The molecule has 0 unspecified atom stereocenters. The zero-order valence-electron chi connectivity index (χ0n) is 13.0. The third-order valence-corrected chi connectivity index (χ3v) is 3.63. The first-order valence-corrected chi connectivity index (χ1v) is 7.71. The Labute approximate surface area is 144 Å². The molecule has 0 atom stereocenters. The van der Waals surface area contributed by atoms with Crippen molar-refractivity contribution in [2.75, 3.05) is 10.6 Å². The van der Waals surface area contributed by atoms with Crippen LogP contribution in [0.1, 0.15) is 16.1 Å². The molecule has 0 saturated carbocycles. The molecule has 0 aliphatic carbocycles. The number of rotatable bonds is 4. The highest BCUT2D eigenvalue weighted by atomic mass is 35.5. The molecular weight excluding hydrogens is 324 g/mol. The highest BCUT2D eigenvalue weighted by Crippen LogP contribution is 2.23. The van der Waals surface area contributed by atoms with Crippen molar-refractivity contribution in [3.8, 4) is 0 Å². The van der Waals surface area contributed by atoms with E-state index in [1.807, 2.05) is 49.4 Å². The summed E-state index contributed by atoms with van der Waals surface area (Å²) in [4.78, 5) is 20.5. The number of aromatic nitrogens is 2. The van der Waals surface area contributed by atoms with Gasteiger partial charge in [-0.15, -0.1) is 0 Å². The Morgan fingerprint density at radius 1 is 1.04 bits per heavy atom. The summed E-state index contributed by atoms with van der Waals surface area (Å²) in [5, 5.41) is 6.44. The second-order valence-corrected chi connectivity index (χ2v) is 5.62. The zero-order chi connectivity index (χ0) is 16.9. The van der Waals surface area contributed by atoms with Crippen molar-refractivity contribution in [3.05, 3.63) is 77.2 Å². The van der Waals surface area contributed by atoms with Gasteiger partial charge in [-0.2, -0.15) is 0 Å². The summed E-state index contributed by atoms with van der Waals surface area (Å²) in [5.74, 6) is 0.201. The number of carbonyl (C=O) groups excluding carboxylic acids is 1. The van der Waals surface area contributed by atoms with Crippen LogP contribution >= 0.6 is 11.6 Å². The molecule has 1 heterocycles. The van der Waals surface area contributed by atoms with Crippen molar-refractivity contribution in [3.63, 3.8) is 0 Å². The molecule has 2 N–H and O–H groups in total. The van der Waals surface area contributed by atoms with E-state index in [1.54, 1.807) is 6.07 Å². The number of carbonyl (C=O) groups is 1. The SMILES string of the molecule is Cc1cccc(NC(=O)c2cnc(Nc3ccccc3Cl)cn2)c1. The van der Waals surface area contributed by atoms with E-state index >= 15 is 0 Å². The molecule has 5 nitrogen and oxygen atoms in total. The fourth-order valence-corrected chi connectivity index (χ4v) is 2.31. The highest BCUT2D eigenvalue weighted by Gasteiger charge is 2.09. The fraction of sp³-hybridized carbons (Fsp3) is 0.0556. The van der Waals surface area contributed by atoms with Gasteiger partial charge in [-0.1, -0.05) is 35.9 Å². The first-order valence-electron chi connectivity index (χ1n) is 7.33. The van der Waals surface area contributed by atoms with Crippen molar-refractivity contribution in [1.29, 1.82) is 0 Å². The zero-order valence-corrected chi connectivity index (χ0v) is 13.7. The van der Waals surface area contributed by atoms with Crippen LogP contribution < -0.4 is 10.6 Å². The lowest BCUT2D eigenvalue weighted by Crippen LogP contribution is -2.14. The molecule has 1 aromatic heterocycles. The molecule has 0 radical (unpaired) electrons. The quantitative estimate of drug-likeness (QED) is 0.738. The van der Waals surface area contributed by atoms with Gasteiger partial charge in [0.25, 0.3) is 5.91 Å². The molecular formula is C18H15ClN4O. The van der Waals surface area contributed by atoms with E-state index in [9.17, 15) is 4.79 Å². The number of nitrogens with zero attached hydrogens (tertiary/aromatic N) is 2. The van der Waals surface area contributed by atoms with Crippen LogP contribution in [-0.4, -0.2) is 15.9 Å². The van der Waals surface area contributed by atoms with Crippen LogP contribution in [0.4, 0.5) is 17.2 Å². The van der Waals surface area contributed by atoms with Gasteiger partial charge in [0.2, 0.25) is 0 Å². The van der Waals surface area contributed by atoms with E-state index in [2.05, 4.69) is 20.6 Å². The van der Waals surface area contributed by atoms with Gasteiger partial charge < -0.3 is 10.6 Å². The predicted octanol–water partition coefficient (Wildman–Crippen LogP) is 4.43. The monoisotopic (exact) mass is 338 g/mol. The number of para-hydroxylation sites is 1. The molecule has 2 aromatic carbocycles. The molecule has 0 bridgehead atoms. The summed E-state index contributed by atoms with van der Waals surface area (Å²) >= 11 is 6.08. The summed E-state index contributed by atoms with van der Waals surface area (Å²) < 4.78 is 0. The number of halogens is 1. The second kappa shape index (κ2) is 7.10. The molecule has 1 amide bonds. The minimum absolute atomic E-state index is 0.237. The third kappa shape index (κ3) is 3.88. The summed E-state index contributed by atoms with van der Waals surface area (Å²) in [5.41, 5.74) is 2.75. The van der Waals surface area contributed by atoms with Crippen LogP contribution in [0.2, 0.25) is 5.02 Å². The Kier molecular flexibility index (Phi) is 4.72. The summed E-state index contributed by atoms with van der Waals surface area (Å²) in [6, 6.07) is 14.9. The first-order chi connectivity index (χ1) is 11.6. The van der Waals surface area contributed by atoms with E-state index in [-0.39, 0.29) is 11.6 Å². The summed E-state index contributed by atoms with van der Waals surface area (Å²) in [6.45, 7) is 1.96. The fourth-order valence-electron chi connectivity index (χ4n) is 2.13. The number of amides is 1. The van der Waals surface area contributed by atoms with Gasteiger partial charge in [0, 0.05) is 5.69 Å². The van der Waals surface area contributed by atoms with Crippen LogP contribution in [0.15, 0.2) is 60.9 Å². The second-order valence-electron chi connectivity index (χ2n) is 5.22. The largest absolute Gasteiger partial charge is 0.338 e. The molecule has 3 aromatic rings. The number of hydrogen-bond acceptors (Lipinski definition) is 4. The predicted molar refractivity (Wildman–Crippen MR) is 95.9 cm³/mol. The van der Waals surface area contributed by atoms with Crippen molar-refractivity contribution in [2.45, 2.75) is 6.92 Å². The summed E-state index contributed by atoms with van der Waals surface area (Å²) in [7, 11) is 0. The van der Waals surface area contributed by atoms with Gasteiger partial charge in [-0.25, -0.2) is 9.97 Å². The van der Waals surface area contributed by atoms with Gasteiger partial charge in [0.15, 0.2) is 0 Å². The first kappa shape index (κ1) is 16.0. The Morgan fingerprint density at radius 2 is 1.88 bits per heavy atom. The molecule has 120 valence electrons. The lowest BCUT2D eigenvalue weighted by atomic mass is 10.2. The maximum absolute atomic E-state index is 12.2. The Morgan fingerprint density at radius 3 is 2.58 bits per heavy atom. The van der Waals surface area contributed by atoms with Crippen molar-refractivity contribution < 1.29 is 4.79 Å². The van der Waals surface area contributed by atoms with E-state index in [0.717, 1.165) is 16.9 Å². The van der Waals surface area contributed by atoms with E-state index < -0.39 is 0 Å². The van der Waals surface area contributed by atoms with Gasteiger partial charge in [-0.3, -0.25) is 4.79 Å². The van der Waals surface area contributed by atoms with E-state index in [1.165, 1.54) is 12.4 Å². The number of nitrogens with one attached hydrogen (secondary N) is 2. The number of benzene rings is 2. The molecule has 3 rings (SSSR count). The average Bonchev–Trinajstić information content (AvgIpc) is 2.57. The van der Waals surface area contributed by atoms with Crippen LogP contribution in [-0.2, 0) is 0 Å². The van der Waals surface area contributed by atoms with Crippen LogP contribution in [0.3, 0.4) is 0 Å². The minimum atomic E-state index is -0.308. The van der Waals surface area contributed by atoms with Crippen molar-refractivity contribution in [1.82, 2.24) is 9.97 Å². The van der Waals surface area contributed by atoms with Gasteiger partial charge in [0.1, 0.15) is 11.5 Å². The lowest BCUT2D eigenvalue weighted by Gasteiger charge is -2.08. The molecule has 0 aliphatic heterocycles. The Bertz CT molecular complexity index is 865. The molecule has 6 heteroatoms. The standard InChI is InChI=1S/C18H15ClN4O/c1-12-5-4-6-13(9-12)22-18(24)16-10-21-17(11-20-16)23-15-8-3-2-7-14(15)19/h2-11H,1H3,(H,21,23)(H,22,24). The topological polar surface area (TPSA) is 66.9 Å². The maximum atomic E-state index is 12.2. The maximum Gasteiger partial charge on any atom is 0.275 e. The molecule has 0 spiro atoms.